The van der Waals surface area contributed by atoms with Crippen molar-refractivity contribution in [3.63, 3.8) is 0 Å². The highest BCUT2D eigenvalue weighted by Crippen LogP contribution is 2.23. The van der Waals surface area contributed by atoms with Crippen LogP contribution in [0.4, 0.5) is 0 Å². The lowest BCUT2D eigenvalue weighted by Crippen LogP contribution is -2.11. The van der Waals surface area contributed by atoms with Crippen LogP contribution in [0.2, 0.25) is 0 Å². The highest BCUT2D eigenvalue weighted by Gasteiger charge is 2.10. The third-order valence-electron chi connectivity index (χ3n) is 2.93. The highest BCUT2D eigenvalue weighted by molar-refractivity contribution is 5.97. The highest BCUT2D eigenvalue weighted by atomic mass is 16.5. The number of ketones is 1. The standard InChI is InChI=1S/C17H18O3/c1-13-7-6-10-16(14(2)18)17(13)20-12-11-19-15-8-4-3-5-9-15/h3-10H,11-12H2,1-2H3. The van der Waals surface area contributed by atoms with Gasteiger partial charge in [0, 0.05) is 0 Å². The van der Waals surface area contributed by atoms with Gasteiger partial charge in [-0.25, -0.2) is 0 Å². The SMILES string of the molecule is CC(=O)c1cccc(C)c1OCCOc1ccccc1. The molecule has 0 bridgehead atoms. The van der Waals surface area contributed by atoms with Crippen LogP contribution in [0.3, 0.4) is 0 Å². The number of hydrogen-bond donors (Lipinski definition) is 0. The summed E-state index contributed by atoms with van der Waals surface area (Å²) in [5, 5.41) is 0. The molecule has 2 aromatic carbocycles. The van der Waals surface area contributed by atoms with Gasteiger partial charge in [0.2, 0.25) is 0 Å². The molecule has 0 aliphatic rings. The Morgan fingerprint density at radius 3 is 2.35 bits per heavy atom. The number of aryl methyl sites for hydroxylation is 1. The van der Waals surface area contributed by atoms with Crippen molar-refractivity contribution in [1.29, 1.82) is 0 Å². The number of ether oxygens (including phenoxy) is 2. The van der Waals surface area contributed by atoms with Gasteiger partial charge in [0.25, 0.3) is 0 Å². The third-order valence-corrected chi connectivity index (χ3v) is 2.93. The summed E-state index contributed by atoms with van der Waals surface area (Å²) in [6.07, 6.45) is 0. The number of rotatable bonds is 6. The van der Waals surface area contributed by atoms with Crippen molar-refractivity contribution in [1.82, 2.24) is 0 Å². The Morgan fingerprint density at radius 2 is 1.65 bits per heavy atom. The molecule has 0 saturated heterocycles. The minimum absolute atomic E-state index is 0.00711. The van der Waals surface area contributed by atoms with Gasteiger partial charge in [-0.3, -0.25) is 4.79 Å². The van der Waals surface area contributed by atoms with E-state index in [1.807, 2.05) is 49.4 Å². The number of hydrogen-bond acceptors (Lipinski definition) is 3. The molecule has 104 valence electrons. The monoisotopic (exact) mass is 270 g/mol. The van der Waals surface area contributed by atoms with Gasteiger partial charge in [0.1, 0.15) is 24.7 Å². The molecule has 0 aliphatic heterocycles. The molecule has 3 nitrogen and oxygen atoms in total. The Bertz CT molecular complexity index is 576. The van der Waals surface area contributed by atoms with Crippen LogP contribution >= 0.6 is 0 Å². The first-order valence-electron chi connectivity index (χ1n) is 6.59. The number of Topliss-reactive ketones (excluding diaryl/α,β-unsaturated/α-hetero) is 1. The Balaban J connectivity index is 1.93. The summed E-state index contributed by atoms with van der Waals surface area (Å²) in [6, 6.07) is 15.2. The smallest absolute Gasteiger partial charge is 0.163 e. The Kier molecular flexibility index (Phi) is 4.77. The fourth-order valence-electron chi connectivity index (χ4n) is 1.94. The zero-order valence-electron chi connectivity index (χ0n) is 11.8. The average Bonchev–Trinajstić information content (AvgIpc) is 2.45. The van der Waals surface area contributed by atoms with E-state index in [4.69, 9.17) is 9.47 Å². The Morgan fingerprint density at radius 1 is 0.950 bits per heavy atom. The second-order valence-electron chi connectivity index (χ2n) is 4.52. The van der Waals surface area contributed by atoms with Crippen LogP contribution < -0.4 is 9.47 Å². The van der Waals surface area contributed by atoms with Gasteiger partial charge in [-0.1, -0.05) is 30.3 Å². The van der Waals surface area contributed by atoms with Gasteiger partial charge < -0.3 is 9.47 Å². The predicted molar refractivity (Wildman–Crippen MR) is 78.6 cm³/mol. The van der Waals surface area contributed by atoms with E-state index in [1.54, 1.807) is 13.0 Å². The van der Waals surface area contributed by atoms with Crippen LogP contribution in [-0.2, 0) is 0 Å². The molecule has 2 aromatic rings. The van der Waals surface area contributed by atoms with E-state index < -0.39 is 0 Å². The summed E-state index contributed by atoms with van der Waals surface area (Å²) < 4.78 is 11.3. The van der Waals surface area contributed by atoms with Crippen LogP contribution in [0.1, 0.15) is 22.8 Å². The summed E-state index contributed by atoms with van der Waals surface area (Å²) in [5.74, 6) is 1.47. The normalized spacial score (nSPS) is 10.1. The van der Waals surface area contributed by atoms with Gasteiger partial charge in [-0.2, -0.15) is 0 Å². The molecule has 0 radical (unpaired) electrons. The van der Waals surface area contributed by atoms with Crippen molar-refractivity contribution in [2.75, 3.05) is 13.2 Å². The first-order chi connectivity index (χ1) is 9.68. The minimum Gasteiger partial charge on any atom is -0.490 e. The lowest BCUT2D eigenvalue weighted by atomic mass is 10.1. The van der Waals surface area contributed by atoms with E-state index in [9.17, 15) is 4.79 Å². The molecule has 0 aromatic heterocycles. The number of carbonyl (C=O) groups is 1. The maximum atomic E-state index is 11.6. The molecule has 0 heterocycles. The molecule has 2 rings (SSSR count). The predicted octanol–water partition coefficient (Wildman–Crippen LogP) is 3.66. The molecule has 3 heteroatoms. The topological polar surface area (TPSA) is 35.5 Å². The largest absolute Gasteiger partial charge is 0.490 e. The van der Waals surface area contributed by atoms with Crippen LogP contribution in [0.25, 0.3) is 0 Å². The molecule has 20 heavy (non-hydrogen) atoms. The van der Waals surface area contributed by atoms with Crippen molar-refractivity contribution in [2.45, 2.75) is 13.8 Å². The maximum absolute atomic E-state index is 11.6. The summed E-state index contributed by atoms with van der Waals surface area (Å²) >= 11 is 0. The molecule has 0 N–H and O–H groups in total. The van der Waals surface area contributed by atoms with Crippen molar-refractivity contribution < 1.29 is 14.3 Å². The number of para-hydroxylation sites is 2. The van der Waals surface area contributed by atoms with E-state index in [-0.39, 0.29) is 5.78 Å². The van der Waals surface area contributed by atoms with Gasteiger partial charge in [0.05, 0.1) is 5.56 Å². The summed E-state index contributed by atoms with van der Waals surface area (Å²) in [7, 11) is 0. The Labute approximate surface area is 119 Å². The number of benzene rings is 2. The molecule has 0 atom stereocenters. The van der Waals surface area contributed by atoms with E-state index in [2.05, 4.69) is 0 Å². The van der Waals surface area contributed by atoms with E-state index in [0.717, 1.165) is 11.3 Å². The molecule has 0 amide bonds. The van der Waals surface area contributed by atoms with Crippen molar-refractivity contribution in [2.24, 2.45) is 0 Å². The van der Waals surface area contributed by atoms with Crippen LogP contribution in [0.5, 0.6) is 11.5 Å². The Hall–Kier alpha value is -2.29. The zero-order valence-corrected chi connectivity index (χ0v) is 11.8. The molecular formula is C17H18O3. The van der Waals surface area contributed by atoms with E-state index in [1.165, 1.54) is 0 Å². The first-order valence-corrected chi connectivity index (χ1v) is 6.59. The fourth-order valence-corrected chi connectivity index (χ4v) is 1.94. The van der Waals surface area contributed by atoms with Gasteiger partial charge in [0.15, 0.2) is 5.78 Å². The molecule has 0 saturated carbocycles. The van der Waals surface area contributed by atoms with Crippen molar-refractivity contribution in [3.05, 3.63) is 59.7 Å². The lowest BCUT2D eigenvalue weighted by Gasteiger charge is -2.13. The van der Waals surface area contributed by atoms with E-state index in [0.29, 0.717) is 24.5 Å². The second-order valence-corrected chi connectivity index (χ2v) is 4.52. The maximum Gasteiger partial charge on any atom is 0.163 e. The molecule has 0 aliphatic carbocycles. The van der Waals surface area contributed by atoms with Gasteiger partial charge in [-0.15, -0.1) is 0 Å². The van der Waals surface area contributed by atoms with Crippen LogP contribution in [0, 0.1) is 6.92 Å². The van der Waals surface area contributed by atoms with Crippen LogP contribution in [-0.4, -0.2) is 19.0 Å². The average molecular weight is 270 g/mol. The molecule has 0 fully saturated rings. The summed E-state index contributed by atoms with van der Waals surface area (Å²) in [6.45, 7) is 4.32. The van der Waals surface area contributed by atoms with E-state index >= 15 is 0 Å². The van der Waals surface area contributed by atoms with Crippen molar-refractivity contribution >= 4 is 5.78 Å². The minimum atomic E-state index is 0.00711. The summed E-state index contributed by atoms with van der Waals surface area (Å²) in [5.41, 5.74) is 1.57. The number of carbonyl (C=O) groups excluding carboxylic acids is 1. The second kappa shape index (κ2) is 6.75. The lowest BCUT2D eigenvalue weighted by molar-refractivity contribution is 0.101. The molecule has 0 spiro atoms. The quantitative estimate of drug-likeness (QED) is 0.593. The third kappa shape index (κ3) is 3.60. The zero-order chi connectivity index (χ0) is 14.4. The van der Waals surface area contributed by atoms with Crippen LogP contribution in [0.15, 0.2) is 48.5 Å². The van der Waals surface area contributed by atoms with Gasteiger partial charge in [-0.05, 0) is 37.6 Å². The molecular weight excluding hydrogens is 252 g/mol. The first kappa shape index (κ1) is 14.1. The van der Waals surface area contributed by atoms with Gasteiger partial charge >= 0.3 is 0 Å². The van der Waals surface area contributed by atoms with Crippen molar-refractivity contribution in [3.8, 4) is 11.5 Å². The fraction of sp³-hybridized carbons (Fsp3) is 0.235. The molecule has 0 unspecified atom stereocenters. The summed E-state index contributed by atoms with van der Waals surface area (Å²) in [4.78, 5) is 11.6.